The van der Waals surface area contributed by atoms with Crippen molar-refractivity contribution in [1.29, 1.82) is 0 Å². The van der Waals surface area contributed by atoms with Crippen molar-refractivity contribution in [3.05, 3.63) is 36.4 Å². The Labute approximate surface area is 134 Å². The normalized spacial score (nSPS) is 23.3. The molecule has 7 heteroatoms. The fourth-order valence-electron chi connectivity index (χ4n) is 3.89. The van der Waals surface area contributed by atoms with Gasteiger partial charge in [-0.3, -0.25) is 9.48 Å². The van der Waals surface area contributed by atoms with Crippen LogP contribution in [0, 0.1) is 0 Å². The average molecular weight is 312 g/mol. The van der Waals surface area contributed by atoms with Gasteiger partial charge < -0.3 is 10.2 Å². The Kier molecular flexibility index (Phi) is 3.28. The molecule has 2 aromatic rings. The summed E-state index contributed by atoms with van der Waals surface area (Å²) in [7, 11) is 1.91. The lowest BCUT2D eigenvalue weighted by atomic mass is 9.75. The lowest BCUT2D eigenvalue weighted by Gasteiger charge is -2.42. The van der Waals surface area contributed by atoms with Crippen LogP contribution in [0.2, 0.25) is 0 Å². The van der Waals surface area contributed by atoms with Crippen molar-refractivity contribution in [2.75, 3.05) is 18.0 Å². The number of nitrogens with zero attached hydrogens (tertiary/aromatic N) is 5. The van der Waals surface area contributed by atoms with Crippen LogP contribution in [-0.2, 0) is 11.8 Å². The van der Waals surface area contributed by atoms with Gasteiger partial charge in [0.05, 0.1) is 11.7 Å². The number of rotatable bonds is 2. The van der Waals surface area contributed by atoms with Gasteiger partial charge in [0.2, 0.25) is 11.9 Å². The topological polar surface area (TPSA) is 75.9 Å². The van der Waals surface area contributed by atoms with Gasteiger partial charge in [-0.25, -0.2) is 9.97 Å². The van der Waals surface area contributed by atoms with E-state index in [1.165, 1.54) is 0 Å². The molecule has 2 saturated heterocycles. The Morgan fingerprint density at radius 2 is 2.00 bits per heavy atom. The van der Waals surface area contributed by atoms with Crippen LogP contribution in [0.3, 0.4) is 0 Å². The minimum Gasteiger partial charge on any atom is -0.350 e. The van der Waals surface area contributed by atoms with Gasteiger partial charge in [0.25, 0.3) is 0 Å². The van der Waals surface area contributed by atoms with Crippen LogP contribution in [-0.4, -0.2) is 44.3 Å². The number of hydrogen-bond donors (Lipinski definition) is 1. The number of aromatic nitrogens is 4. The first kappa shape index (κ1) is 14.2. The lowest BCUT2D eigenvalue weighted by molar-refractivity contribution is -0.119. The van der Waals surface area contributed by atoms with Crippen LogP contribution < -0.4 is 10.2 Å². The van der Waals surface area contributed by atoms with E-state index in [2.05, 4.69) is 25.3 Å². The van der Waals surface area contributed by atoms with Gasteiger partial charge in [-0.15, -0.1) is 0 Å². The first-order valence-corrected chi connectivity index (χ1v) is 7.98. The molecular weight excluding hydrogens is 292 g/mol. The Balaban J connectivity index is 1.55. The fourth-order valence-corrected chi connectivity index (χ4v) is 3.89. The molecule has 1 N–H and O–H groups in total. The van der Waals surface area contributed by atoms with E-state index in [-0.39, 0.29) is 17.4 Å². The predicted octanol–water partition coefficient (Wildman–Crippen LogP) is 0.853. The number of carbonyl (C=O) groups is 1. The lowest BCUT2D eigenvalue weighted by Crippen LogP contribution is -2.53. The number of amides is 1. The molecule has 0 aromatic carbocycles. The quantitative estimate of drug-likeness (QED) is 0.890. The third-order valence-corrected chi connectivity index (χ3v) is 5.06. The van der Waals surface area contributed by atoms with Crippen LogP contribution in [0.4, 0.5) is 5.95 Å². The molecule has 0 saturated carbocycles. The number of carbonyl (C=O) groups excluding carboxylic acids is 1. The number of piperidine rings is 1. The van der Waals surface area contributed by atoms with E-state index in [0.29, 0.717) is 6.42 Å². The fraction of sp³-hybridized carbons (Fsp3) is 0.500. The highest BCUT2D eigenvalue weighted by Gasteiger charge is 2.49. The molecule has 1 unspecified atom stereocenters. The smallest absolute Gasteiger partial charge is 0.225 e. The summed E-state index contributed by atoms with van der Waals surface area (Å²) in [5.41, 5.74) is 0.987. The number of hydrogen-bond acceptors (Lipinski definition) is 5. The van der Waals surface area contributed by atoms with Gasteiger partial charge in [0.1, 0.15) is 0 Å². The van der Waals surface area contributed by atoms with Crippen molar-refractivity contribution in [1.82, 2.24) is 25.1 Å². The zero-order valence-corrected chi connectivity index (χ0v) is 13.1. The highest BCUT2D eigenvalue weighted by atomic mass is 16.2. The summed E-state index contributed by atoms with van der Waals surface area (Å²) in [6.45, 7) is 1.70. The van der Waals surface area contributed by atoms with Gasteiger partial charge in [0, 0.05) is 51.1 Å². The number of aryl methyl sites for hydroxylation is 1. The Morgan fingerprint density at radius 1 is 1.26 bits per heavy atom. The molecule has 2 aliphatic rings. The second-order valence-corrected chi connectivity index (χ2v) is 6.44. The highest BCUT2D eigenvalue weighted by Crippen LogP contribution is 2.43. The van der Waals surface area contributed by atoms with Crippen LogP contribution in [0.25, 0.3) is 0 Å². The Morgan fingerprint density at radius 3 is 2.65 bits per heavy atom. The van der Waals surface area contributed by atoms with Gasteiger partial charge >= 0.3 is 0 Å². The minimum absolute atomic E-state index is 0.142. The molecule has 2 aliphatic heterocycles. The van der Waals surface area contributed by atoms with E-state index in [1.807, 2.05) is 25.5 Å². The minimum atomic E-state index is -0.161. The van der Waals surface area contributed by atoms with E-state index < -0.39 is 0 Å². The predicted molar refractivity (Wildman–Crippen MR) is 84.9 cm³/mol. The summed E-state index contributed by atoms with van der Waals surface area (Å²) in [5.74, 6) is 1.11. The van der Waals surface area contributed by atoms with Crippen molar-refractivity contribution in [3.8, 4) is 0 Å². The number of anilines is 1. The molecule has 120 valence electrons. The monoisotopic (exact) mass is 312 g/mol. The Hall–Kier alpha value is -2.44. The molecule has 0 aliphatic carbocycles. The summed E-state index contributed by atoms with van der Waals surface area (Å²) in [4.78, 5) is 22.9. The van der Waals surface area contributed by atoms with Gasteiger partial charge in [-0.1, -0.05) is 0 Å². The van der Waals surface area contributed by atoms with Crippen molar-refractivity contribution in [2.45, 2.75) is 30.7 Å². The van der Waals surface area contributed by atoms with Crippen LogP contribution in [0.15, 0.2) is 30.9 Å². The van der Waals surface area contributed by atoms with E-state index in [4.69, 9.17) is 0 Å². The molecule has 1 atom stereocenters. The third-order valence-electron chi connectivity index (χ3n) is 5.06. The van der Waals surface area contributed by atoms with Gasteiger partial charge in [-0.05, 0) is 24.5 Å². The third kappa shape index (κ3) is 2.46. The second-order valence-electron chi connectivity index (χ2n) is 6.44. The molecule has 1 spiro atoms. The van der Waals surface area contributed by atoms with E-state index in [0.717, 1.165) is 37.4 Å². The molecule has 0 radical (unpaired) electrons. The molecule has 1 amide bonds. The zero-order chi connectivity index (χ0) is 15.9. The van der Waals surface area contributed by atoms with Crippen LogP contribution in [0.1, 0.15) is 30.7 Å². The summed E-state index contributed by atoms with van der Waals surface area (Å²) < 4.78 is 1.80. The van der Waals surface area contributed by atoms with Crippen molar-refractivity contribution in [2.24, 2.45) is 7.05 Å². The molecular formula is C16H20N6O. The largest absolute Gasteiger partial charge is 0.350 e. The van der Waals surface area contributed by atoms with Crippen LogP contribution in [0.5, 0.6) is 0 Å². The van der Waals surface area contributed by atoms with Crippen molar-refractivity contribution < 1.29 is 4.79 Å². The number of nitrogens with one attached hydrogen (secondary N) is 1. The first-order valence-electron chi connectivity index (χ1n) is 7.98. The summed E-state index contributed by atoms with van der Waals surface area (Å²) in [6, 6.07) is 1.82. The van der Waals surface area contributed by atoms with Gasteiger partial charge in [-0.2, -0.15) is 5.10 Å². The summed E-state index contributed by atoms with van der Waals surface area (Å²) >= 11 is 0. The first-order chi connectivity index (χ1) is 11.2. The van der Waals surface area contributed by atoms with Crippen molar-refractivity contribution >= 4 is 11.9 Å². The molecule has 2 fully saturated rings. The molecule has 4 heterocycles. The van der Waals surface area contributed by atoms with Crippen molar-refractivity contribution in [3.63, 3.8) is 0 Å². The zero-order valence-electron chi connectivity index (χ0n) is 13.1. The van der Waals surface area contributed by atoms with Crippen LogP contribution >= 0.6 is 0 Å². The van der Waals surface area contributed by atoms with E-state index in [9.17, 15) is 4.79 Å². The van der Waals surface area contributed by atoms with E-state index >= 15 is 0 Å². The van der Waals surface area contributed by atoms with Gasteiger partial charge in [0.15, 0.2) is 0 Å². The molecule has 0 bridgehead atoms. The maximum Gasteiger partial charge on any atom is 0.225 e. The molecule has 4 rings (SSSR count). The molecule has 23 heavy (non-hydrogen) atoms. The SMILES string of the molecule is Cn1cc(C2CC(=O)NC23CCN(c2ncccn2)CC3)cn1. The maximum absolute atomic E-state index is 12.1. The molecule has 2 aromatic heterocycles. The second kappa shape index (κ2) is 5.33. The Bertz CT molecular complexity index is 704. The average Bonchev–Trinajstić information content (AvgIpc) is 3.12. The highest BCUT2D eigenvalue weighted by molar-refractivity contribution is 5.81. The molecule has 7 nitrogen and oxygen atoms in total. The summed E-state index contributed by atoms with van der Waals surface area (Å²) in [6.07, 6.45) is 9.80. The summed E-state index contributed by atoms with van der Waals surface area (Å²) in [5, 5.41) is 7.53. The van der Waals surface area contributed by atoms with E-state index in [1.54, 1.807) is 17.1 Å². The maximum atomic E-state index is 12.1. The standard InChI is InChI=1S/C16H20N6O/c1-21-11-12(10-19-21)13-9-14(23)20-16(13)3-7-22(8-4-16)15-17-5-2-6-18-15/h2,5-6,10-11,13H,3-4,7-9H2,1H3,(H,20,23).